The summed E-state index contributed by atoms with van der Waals surface area (Å²) in [4.78, 5) is 17.0. The zero-order valence-corrected chi connectivity index (χ0v) is 17.7. The molecule has 30 heavy (non-hydrogen) atoms. The molecule has 0 N–H and O–H groups in total. The van der Waals surface area contributed by atoms with Crippen LogP contribution in [0.1, 0.15) is 40.0 Å². The summed E-state index contributed by atoms with van der Waals surface area (Å²) in [6, 6.07) is 4.85. The first-order valence-corrected chi connectivity index (χ1v) is 10.4. The number of piperidine rings is 1. The van der Waals surface area contributed by atoms with Crippen molar-refractivity contribution in [2.24, 2.45) is 13.0 Å². The van der Waals surface area contributed by atoms with Gasteiger partial charge in [0, 0.05) is 43.9 Å². The number of carbonyl (C=O) groups excluding carboxylic acids is 1. The van der Waals surface area contributed by atoms with E-state index in [2.05, 4.69) is 10.00 Å². The van der Waals surface area contributed by atoms with Crippen molar-refractivity contribution in [2.45, 2.75) is 38.5 Å². The average molecular weight is 441 g/mol. The van der Waals surface area contributed by atoms with Crippen molar-refractivity contribution in [2.75, 3.05) is 19.6 Å². The number of rotatable bonds is 3. The maximum absolute atomic E-state index is 13.0. The third kappa shape index (κ3) is 3.95. The molecule has 0 radical (unpaired) electrons. The molecular formula is C21H24ClF3N4O. The minimum atomic E-state index is -4.47. The predicted octanol–water partition coefficient (Wildman–Crippen LogP) is 4.14. The van der Waals surface area contributed by atoms with Gasteiger partial charge in [0.05, 0.1) is 11.3 Å². The van der Waals surface area contributed by atoms with Crippen molar-refractivity contribution in [3.63, 3.8) is 0 Å². The molecule has 1 aromatic carbocycles. The van der Waals surface area contributed by atoms with Crippen molar-refractivity contribution < 1.29 is 18.0 Å². The second kappa shape index (κ2) is 7.89. The molecule has 1 aromatic heterocycles. The lowest BCUT2D eigenvalue weighted by Crippen LogP contribution is -2.44. The monoisotopic (exact) mass is 440 g/mol. The number of alkyl halides is 3. The number of fused-ring (bicyclic) bond motifs is 1. The maximum Gasteiger partial charge on any atom is 0.416 e. The van der Waals surface area contributed by atoms with Gasteiger partial charge in [0.1, 0.15) is 5.15 Å². The van der Waals surface area contributed by atoms with Gasteiger partial charge >= 0.3 is 6.18 Å². The molecule has 4 rings (SSSR count). The van der Waals surface area contributed by atoms with Crippen molar-refractivity contribution in [3.8, 4) is 0 Å². The number of aryl methyl sites for hydroxylation is 2. The Balaban J connectivity index is 1.51. The minimum absolute atomic E-state index is 0.0844. The average Bonchev–Trinajstić information content (AvgIpc) is 3.24. The largest absolute Gasteiger partial charge is 0.416 e. The number of benzene rings is 1. The van der Waals surface area contributed by atoms with E-state index in [4.69, 9.17) is 11.6 Å². The number of nitrogens with zero attached hydrogens (tertiary/aromatic N) is 4. The van der Waals surface area contributed by atoms with Crippen LogP contribution in [0.15, 0.2) is 24.3 Å². The maximum atomic E-state index is 13.0. The van der Waals surface area contributed by atoms with Crippen LogP contribution in [0.4, 0.5) is 13.2 Å². The molecule has 2 fully saturated rings. The van der Waals surface area contributed by atoms with E-state index >= 15 is 0 Å². The highest BCUT2D eigenvalue weighted by atomic mass is 35.5. The second-order valence-corrected chi connectivity index (χ2v) is 8.57. The molecule has 3 heterocycles. The summed E-state index contributed by atoms with van der Waals surface area (Å²) >= 11 is 6.40. The van der Waals surface area contributed by atoms with Gasteiger partial charge in [-0.15, -0.1) is 0 Å². The number of likely N-dealkylation sites (tertiary alicyclic amines) is 2. The molecule has 9 heteroatoms. The van der Waals surface area contributed by atoms with Gasteiger partial charge in [-0.25, -0.2) is 0 Å². The standard InChI is InChI=1S/C21H24ClF3N4O/c1-13-17(19(22)27(2)26-13)11-28-8-4-6-15-10-29(12-18(15)28)20(30)14-5-3-7-16(9-14)21(23,24)25/h3,5,7,9,15,18H,4,6,8,10-12H2,1-2H3/t15-,18+/m1/s1. The molecule has 2 aliphatic heterocycles. The van der Waals surface area contributed by atoms with E-state index in [-0.39, 0.29) is 17.5 Å². The number of aromatic nitrogens is 2. The number of halogens is 4. The summed E-state index contributed by atoms with van der Waals surface area (Å²) in [5.74, 6) is -0.0321. The molecule has 0 bridgehead atoms. The number of carbonyl (C=O) groups is 1. The molecule has 0 saturated carbocycles. The Morgan fingerprint density at radius 3 is 2.73 bits per heavy atom. The number of hydrogen-bond donors (Lipinski definition) is 0. The number of hydrogen-bond acceptors (Lipinski definition) is 3. The highest BCUT2D eigenvalue weighted by Crippen LogP contribution is 2.34. The van der Waals surface area contributed by atoms with Gasteiger partial charge in [-0.05, 0) is 50.4 Å². The fourth-order valence-corrected chi connectivity index (χ4v) is 4.94. The summed E-state index contributed by atoms with van der Waals surface area (Å²) in [6.07, 6.45) is -2.44. The molecule has 0 spiro atoms. The minimum Gasteiger partial charge on any atom is -0.337 e. The molecule has 5 nitrogen and oxygen atoms in total. The van der Waals surface area contributed by atoms with Gasteiger partial charge in [0.15, 0.2) is 0 Å². The fourth-order valence-electron chi connectivity index (χ4n) is 4.70. The quantitative estimate of drug-likeness (QED) is 0.720. The Bertz CT molecular complexity index is 958. The van der Waals surface area contributed by atoms with Crippen LogP contribution >= 0.6 is 11.6 Å². The van der Waals surface area contributed by atoms with E-state index in [1.54, 1.807) is 9.58 Å². The van der Waals surface area contributed by atoms with Crippen LogP contribution in [0.2, 0.25) is 5.15 Å². The lowest BCUT2D eigenvalue weighted by Gasteiger charge is -2.36. The summed E-state index contributed by atoms with van der Waals surface area (Å²) in [6.45, 7) is 4.57. The highest BCUT2D eigenvalue weighted by molar-refractivity contribution is 6.30. The zero-order chi connectivity index (χ0) is 21.6. The van der Waals surface area contributed by atoms with Crippen molar-refractivity contribution in [1.29, 1.82) is 0 Å². The SMILES string of the molecule is Cc1nn(C)c(Cl)c1CN1CCC[C@@H]2CN(C(=O)c3cccc(C(F)(F)F)c3)C[C@@H]21. The third-order valence-corrected chi connectivity index (χ3v) is 6.72. The zero-order valence-electron chi connectivity index (χ0n) is 16.9. The Morgan fingerprint density at radius 1 is 1.30 bits per heavy atom. The fraction of sp³-hybridized carbons (Fsp3) is 0.524. The van der Waals surface area contributed by atoms with Crippen LogP contribution in [-0.2, 0) is 19.8 Å². The molecule has 2 atom stereocenters. The summed E-state index contributed by atoms with van der Waals surface area (Å²) in [5.41, 5.74) is 1.16. The summed E-state index contributed by atoms with van der Waals surface area (Å²) in [5, 5.41) is 4.99. The Labute approximate surface area is 178 Å². The molecule has 162 valence electrons. The van der Waals surface area contributed by atoms with E-state index in [0.29, 0.717) is 30.7 Å². The van der Waals surface area contributed by atoms with Gasteiger partial charge in [0.2, 0.25) is 0 Å². The lowest BCUT2D eigenvalue weighted by molar-refractivity contribution is -0.137. The topological polar surface area (TPSA) is 41.4 Å². The summed E-state index contributed by atoms with van der Waals surface area (Å²) < 4.78 is 40.7. The molecule has 0 unspecified atom stereocenters. The van der Waals surface area contributed by atoms with Crippen molar-refractivity contribution >= 4 is 17.5 Å². The van der Waals surface area contributed by atoms with Crippen LogP contribution in [0.3, 0.4) is 0 Å². The molecule has 2 aromatic rings. The van der Waals surface area contributed by atoms with Crippen LogP contribution in [0, 0.1) is 12.8 Å². The molecule has 1 amide bonds. The summed E-state index contributed by atoms with van der Waals surface area (Å²) in [7, 11) is 1.81. The first-order valence-electron chi connectivity index (χ1n) is 10.0. The van der Waals surface area contributed by atoms with E-state index in [9.17, 15) is 18.0 Å². The molecule has 0 aliphatic carbocycles. The van der Waals surface area contributed by atoms with Crippen LogP contribution < -0.4 is 0 Å². The van der Waals surface area contributed by atoms with Crippen molar-refractivity contribution in [1.82, 2.24) is 19.6 Å². The molecule has 2 aliphatic rings. The van der Waals surface area contributed by atoms with Crippen molar-refractivity contribution in [3.05, 3.63) is 51.8 Å². The van der Waals surface area contributed by atoms with Gasteiger partial charge in [0.25, 0.3) is 5.91 Å². The third-order valence-electron chi connectivity index (χ3n) is 6.25. The van der Waals surface area contributed by atoms with Gasteiger partial charge in [-0.2, -0.15) is 18.3 Å². The normalized spacial score (nSPS) is 22.4. The first-order chi connectivity index (χ1) is 14.1. The highest BCUT2D eigenvalue weighted by Gasteiger charge is 2.41. The van der Waals surface area contributed by atoms with E-state index in [0.717, 1.165) is 42.8 Å². The number of amides is 1. The molecule has 2 saturated heterocycles. The van der Waals surface area contributed by atoms with Gasteiger partial charge < -0.3 is 4.90 Å². The second-order valence-electron chi connectivity index (χ2n) is 8.21. The predicted molar refractivity (Wildman–Crippen MR) is 107 cm³/mol. The smallest absolute Gasteiger partial charge is 0.337 e. The van der Waals surface area contributed by atoms with E-state index in [1.807, 2.05) is 14.0 Å². The lowest BCUT2D eigenvalue weighted by atomic mass is 9.92. The Kier molecular flexibility index (Phi) is 5.57. The molecular weight excluding hydrogens is 417 g/mol. The Hall–Kier alpha value is -2.06. The van der Waals surface area contributed by atoms with E-state index < -0.39 is 11.7 Å². The Morgan fingerprint density at radius 2 is 2.07 bits per heavy atom. The van der Waals surface area contributed by atoms with Crippen LogP contribution in [0.25, 0.3) is 0 Å². The van der Waals surface area contributed by atoms with E-state index in [1.165, 1.54) is 12.1 Å². The van der Waals surface area contributed by atoms with Gasteiger partial charge in [-0.1, -0.05) is 17.7 Å². The van der Waals surface area contributed by atoms with Gasteiger partial charge in [-0.3, -0.25) is 14.4 Å². The van der Waals surface area contributed by atoms with Crippen LogP contribution in [-0.4, -0.2) is 51.2 Å². The first kappa shape index (κ1) is 21.2. The van der Waals surface area contributed by atoms with Crippen LogP contribution in [0.5, 0.6) is 0 Å².